The van der Waals surface area contributed by atoms with Crippen LogP contribution in [0.25, 0.3) is 11.1 Å². The quantitative estimate of drug-likeness (QED) is 0.844. The van der Waals surface area contributed by atoms with Crippen molar-refractivity contribution < 1.29 is 4.39 Å². The molecule has 1 N–H and O–H groups in total. The van der Waals surface area contributed by atoms with Crippen molar-refractivity contribution >= 4 is 0 Å². The summed E-state index contributed by atoms with van der Waals surface area (Å²) in [5.74, 6) is -0.179. The lowest BCUT2D eigenvalue weighted by Gasteiger charge is -2.11. The van der Waals surface area contributed by atoms with E-state index in [1.165, 1.54) is 11.6 Å². The Kier molecular flexibility index (Phi) is 3.55. The van der Waals surface area contributed by atoms with Gasteiger partial charge in [0, 0.05) is 11.6 Å². The van der Waals surface area contributed by atoms with Crippen LogP contribution in [0.1, 0.15) is 18.5 Å². The fraction of sp³-hybridized carbons (Fsp3) is 0.200. The van der Waals surface area contributed by atoms with Crippen molar-refractivity contribution in [2.75, 3.05) is 7.05 Å². The number of benzene rings is 2. The largest absolute Gasteiger partial charge is 0.313 e. The van der Waals surface area contributed by atoms with Crippen LogP contribution in [0.3, 0.4) is 0 Å². The highest BCUT2D eigenvalue weighted by molar-refractivity contribution is 5.64. The van der Waals surface area contributed by atoms with Gasteiger partial charge < -0.3 is 5.32 Å². The summed E-state index contributed by atoms with van der Waals surface area (Å²) in [5.41, 5.74) is 2.76. The van der Waals surface area contributed by atoms with Gasteiger partial charge in [0.25, 0.3) is 0 Å². The number of halogens is 1. The Bertz CT molecular complexity index is 491. The van der Waals surface area contributed by atoms with Crippen LogP contribution in [0.4, 0.5) is 4.39 Å². The van der Waals surface area contributed by atoms with Crippen molar-refractivity contribution in [1.29, 1.82) is 0 Å². The zero-order valence-electron chi connectivity index (χ0n) is 10.1. The number of hydrogen-bond donors (Lipinski definition) is 1. The molecule has 1 atom stereocenters. The molecule has 0 aliphatic rings. The van der Waals surface area contributed by atoms with Crippen molar-refractivity contribution in [3.05, 3.63) is 59.9 Å². The summed E-state index contributed by atoms with van der Waals surface area (Å²) < 4.78 is 13.6. The first-order chi connectivity index (χ1) is 8.22. The number of hydrogen-bond acceptors (Lipinski definition) is 1. The fourth-order valence-electron chi connectivity index (χ4n) is 1.81. The molecule has 0 fully saturated rings. The molecule has 0 radical (unpaired) electrons. The van der Waals surface area contributed by atoms with Crippen LogP contribution in [0.2, 0.25) is 0 Å². The molecule has 0 heterocycles. The van der Waals surface area contributed by atoms with Gasteiger partial charge in [0.05, 0.1) is 0 Å². The van der Waals surface area contributed by atoms with Gasteiger partial charge in [-0.2, -0.15) is 0 Å². The minimum atomic E-state index is -0.179. The second-order valence-corrected chi connectivity index (χ2v) is 4.11. The Morgan fingerprint density at radius 2 is 1.65 bits per heavy atom. The summed E-state index contributed by atoms with van der Waals surface area (Å²) in [6.45, 7) is 2.10. The monoisotopic (exact) mass is 229 g/mol. The average Bonchev–Trinajstić information content (AvgIpc) is 2.39. The molecule has 0 saturated carbocycles. The Labute approximate surface area is 101 Å². The maximum atomic E-state index is 13.6. The molecule has 0 aliphatic carbocycles. The maximum Gasteiger partial charge on any atom is 0.131 e. The number of nitrogens with one attached hydrogen (secondary N) is 1. The smallest absolute Gasteiger partial charge is 0.131 e. The number of rotatable bonds is 3. The molecule has 0 saturated heterocycles. The molecule has 2 rings (SSSR count). The van der Waals surface area contributed by atoms with Gasteiger partial charge in [-0.05, 0) is 31.2 Å². The van der Waals surface area contributed by atoms with Gasteiger partial charge >= 0.3 is 0 Å². The van der Waals surface area contributed by atoms with Crippen molar-refractivity contribution in [1.82, 2.24) is 5.32 Å². The van der Waals surface area contributed by atoms with Crippen LogP contribution >= 0.6 is 0 Å². The summed E-state index contributed by atoms with van der Waals surface area (Å²) in [7, 11) is 1.93. The molecule has 1 unspecified atom stereocenters. The van der Waals surface area contributed by atoms with Gasteiger partial charge in [0.2, 0.25) is 0 Å². The van der Waals surface area contributed by atoms with Crippen LogP contribution in [0, 0.1) is 5.82 Å². The molecule has 2 aromatic rings. The Morgan fingerprint density at radius 3 is 2.24 bits per heavy atom. The summed E-state index contributed by atoms with van der Waals surface area (Å²) >= 11 is 0. The Morgan fingerprint density at radius 1 is 1.00 bits per heavy atom. The van der Waals surface area contributed by atoms with Gasteiger partial charge in [0.15, 0.2) is 0 Å². The first-order valence-electron chi connectivity index (χ1n) is 5.74. The van der Waals surface area contributed by atoms with Crippen LogP contribution in [-0.2, 0) is 0 Å². The first kappa shape index (κ1) is 11.8. The molecule has 1 nitrogen and oxygen atoms in total. The molecule has 17 heavy (non-hydrogen) atoms. The van der Waals surface area contributed by atoms with Gasteiger partial charge in [-0.25, -0.2) is 4.39 Å². The summed E-state index contributed by atoms with van der Waals surface area (Å²) in [6, 6.07) is 15.1. The van der Waals surface area contributed by atoms with Gasteiger partial charge in [0.1, 0.15) is 5.82 Å². The lowest BCUT2D eigenvalue weighted by Crippen LogP contribution is -2.11. The standard InChI is InChI=1S/C15H16FN/c1-11(17-2)12-7-9-13(10-8-12)14-5-3-4-6-15(14)16/h3-11,17H,1-2H3. The van der Waals surface area contributed by atoms with Crippen LogP contribution in [0.5, 0.6) is 0 Å². The molecule has 2 heteroatoms. The van der Waals surface area contributed by atoms with E-state index in [0.717, 1.165) is 5.56 Å². The van der Waals surface area contributed by atoms with E-state index >= 15 is 0 Å². The summed E-state index contributed by atoms with van der Waals surface area (Å²) in [5, 5.41) is 3.18. The second kappa shape index (κ2) is 5.11. The Balaban J connectivity index is 2.33. The van der Waals surface area contributed by atoms with Gasteiger partial charge in [-0.1, -0.05) is 42.5 Å². The highest BCUT2D eigenvalue weighted by Gasteiger charge is 2.05. The lowest BCUT2D eigenvalue weighted by atomic mass is 10.0. The van der Waals surface area contributed by atoms with Crippen LogP contribution < -0.4 is 5.32 Å². The first-order valence-corrected chi connectivity index (χ1v) is 5.74. The minimum Gasteiger partial charge on any atom is -0.313 e. The fourth-order valence-corrected chi connectivity index (χ4v) is 1.81. The third-order valence-electron chi connectivity index (χ3n) is 3.03. The van der Waals surface area contributed by atoms with Crippen molar-refractivity contribution in [2.24, 2.45) is 0 Å². The van der Waals surface area contributed by atoms with E-state index in [-0.39, 0.29) is 5.82 Å². The third kappa shape index (κ3) is 2.53. The van der Waals surface area contributed by atoms with Crippen molar-refractivity contribution in [3.63, 3.8) is 0 Å². The van der Waals surface area contributed by atoms with E-state index < -0.39 is 0 Å². The molecule has 0 spiro atoms. The van der Waals surface area contributed by atoms with E-state index in [2.05, 4.69) is 12.2 Å². The zero-order chi connectivity index (χ0) is 12.3. The molecule has 2 aromatic carbocycles. The third-order valence-corrected chi connectivity index (χ3v) is 3.03. The molecule has 0 aromatic heterocycles. The topological polar surface area (TPSA) is 12.0 Å². The van der Waals surface area contributed by atoms with Gasteiger partial charge in [-0.15, -0.1) is 0 Å². The van der Waals surface area contributed by atoms with E-state index in [1.54, 1.807) is 12.1 Å². The molecule has 0 amide bonds. The van der Waals surface area contributed by atoms with Crippen molar-refractivity contribution in [2.45, 2.75) is 13.0 Å². The lowest BCUT2D eigenvalue weighted by molar-refractivity contribution is 0.631. The Hall–Kier alpha value is -1.67. The highest BCUT2D eigenvalue weighted by Crippen LogP contribution is 2.24. The molecular weight excluding hydrogens is 213 g/mol. The highest BCUT2D eigenvalue weighted by atomic mass is 19.1. The summed E-state index contributed by atoms with van der Waals surface area (Å²) in [4.78, 5) is 0. The molecule has 0 bridgehead atoms. The van der Waals surface area contributed by atoms with E-state index in [1.807, 2.05) is 37.4 Å². The van der Waals surface area contributed by atoms with E-state index in [9.17, 15) is 4.39 Å². The molecular formula is C15H16FN. The molecule has 0 aliphatic heterocycles. The van der Waals surface area contributed by atoms with E-state index in [0.29, 0.717) is 11.6 Å². The van der Waals surface area contributed by atoms with Crippen LogP contribution in [0.15, 0.2) is 48.5 Å². The second-order valence-electron chi connectivity index (χ2n) is 4.11. The van der Waals surface area contributed by atoms with Crippen LogP contribution in [-0.4, -0.2) is 7.05 Å². The zero-order valence-corrected chi connectivity index (χ0v) is 10.1. The maximum absolute atomic E-state index is 13.6. The average molecular weight is 229 g/mol. The minimum absolute atomic E-state index is 0.179. The van der Waals surface area contributed by atoms with Gasteiger partial charge in [-0.3, -0.25) is 0 Å². The predicted molar refractivity (Wildman–Crippen MR) is 69.3 cm³/mol. The van der Waals surface area contributed by atoms with E-state index in [4.69, 9.17) is 0 Å². The van der Waals surface area contributed by atoms with Crippen molar-refractivity contribution in [3.8, 4) is 11.1 Å². The predicted octanol–water partition coefficient (Wildman–Crippen LogP) is 3.77. The SMILES string of the molecule is CNC(C)c1ccc(-c2ccccc2F)cc1. The normalized spacial score (nSPS) is 12.4. The summed E-state index contributed by atoms with van der Waals surface area (Å²) in [6.07, 6.45) is 0. The molecule has 88 valence electrons.